The third-order valence-electron chi connectivity index (χ3n) is 4.38. The molecule has 3 heterocycles. The molecular weight excluding hydrogens is 374 g/mol. The number of aromatic nitrogens is 3. The Kier molecular flexibility index (Phi) is 5.27. The molecule has 0 unspecified atom stereocenters. The highest BCUT2D eigenvalue weighted by atomic mass is 19.3. The fourth-order valence-corrected chi connectivity index (χ4v) is 2.89. The minimum Gasteiger partial charge on any atom is -0.481 e. The molecule has 1 saturated heterocycles. The van der Waals surface area contributed by atoms with Crippen molar-refractivity contribution in [3.63, 3.8) is 0 Å². The van der Waals surface area contributed by atoms with Gasteiger partial charge in [-0.1, -0.05) is 0 Å². The van der Waals surface area contributed by atoms with Crippen molar-refractivity contribution in [2.24, 2.45) is 9.98 Å². The number of halogens is 2. The van der Waals surface area contributed by atoms with E-state index in [1.807, 2.05) is 0 Å². The fraction of sp³-hybridized carbons (Fsp3) is 0.412. The molecule has 9 nitrogen and oxygen atoms in total. The molecule has 1 aliphatic rings. The van der Waals surface area contributed by atoms with Crippen molar-refractivity contribution < 1.29 is 23.4 Å². The van der Waals surface area contributed by atoms with Crippen LogP contribution in [0.1, 0.15) is 12.6 Å². The van der Waals surface area contributed by atoms with Gasteiger partial charge in [0.05, 0.1) is 38.7 Å². The number of ether oxygens (including phenoxy) is 2. The van der Waals surface area contributed by atoms with Crippen molar-refractivity contribution in [3.8, 4) is 0 Å². The van der Waals surface area contributed by atoms with E-state index in [1.54, 1.807) is 19.2 Å². The molecule has 0 radical (unpaired) electrons. The number of rotatable bonds is 4. The summed E-state index contributed by atoms with van der Waals surface area (Å²) in [5.41, 5.74) is 1.75. The van der Waals surface area contributed by atoms with Crippen molar-refractivity contribution in [1.29, 1.82) is 0 Å². The number of aliphatic hydroxyl groups is 1. The Balaban J connectivity index is 2.12. The minimum absolute atomic E-state index is 0.00226. The van der Waals surface area contributed by atoms with Crippen LogP contribution in [0.3, 0.4) is 0 Å². The molecule has 1 N–H and O–H groups in total. The summed E-state index contributed by atoms with van der Waals surface area (Å²) in [6, 6.07) is 1.61. The van der Waals surface area contributed by atoms with Gasteiger partial charge >= 0.3 is 6.02 Å². The quantitative estimate of drug-likeness (QED) is 0.481. The highest BCUT2D eigenvalue weighted by molar-refractivity contribution is 5.81. The SMILES string of the molecule is C=NC(=N/C(OC)=C(\C)c1cc(N2C[C@H](O)C(F)(F)C2)c2nccn2n1)OC. The summed E-state index contributed by atoms with van der Waals surface area (Å²) < 4.78 is 39.4. The molecule has 0 spiro atoms. The summed E-state index contributed by atoms with van der Waals surface area (Å²) >= 11 is 0. The maximum absolute atomic E-state index is 13.9. The van der Waals surface area contributed by atoms with Crippen molar-refractivity contribution in [3.05, 3.63) is 30.0 Å². The fourth-order valence-electron chi connectivity index (χ4n) is 2.89. The molecule has 28 heavy (non-hydrogen) atoms. The third kappa shape index (κ3) is 3.52. The Morgan fingerprint density at radius 3 is 2.71 bits per heavy atom. The van der Waals surface area contributed by atoms with E-state index in [0.717, 1.165) is 0 Å². The van der Waals surface area contributed by atoms with Gasteiger partial charge in [-0.3, -0.25) is 0 Å². The summed E-state index contributed by atoms with van der Waals surface area (Å²) in [6.07, 6.45) is 1.36. The highest BCUT2D eigenvalue weighted by Gasteiger charge is 2.47. The number of allylic oxidation sites excluding steroid dienone is 1. The predicted octanol–water partition coefficient (Wildman–Crippen LogP) is 1.58. The molecule has 0 amide bonds. The zero-order valence-electron chi connectivity index (χ0n) is 15.6. The van der Waals surface area contributed by atoms with Crippen LogP contribution in [0.25, 0.3) is 11.2 Å². The van der Waals surface area contributed by atoms with Crippen LogP contribution in [0.2, 0.25) is 0 Å². The van der Waals surface area contributed by atoms with Gasteiger partial charge in [0, 0.05) is 18.0 Å². The molecule has 3 rings (SSSR count). The smallest absolute Gasteiger partial charge is 0.318 e. The second-order valence-corrected chi connectivity index (χ2v) is 6.16. The number of alkyl halides is 2. The largest absolute Gasteiger partial charge is 0.481 e. The molecule has 0 saturated carbocycles. The number of amidine groups is 1. The summed E-state index contributed by atoms with van der Waals surface area (Å²) in [5.74, 6) is -3.03. The van der Waals surface area contributed by atoms with Crippen LogP contribution in [0.5, 0.6) is 0 Å². The first-order valence-corrected chi connectivity index (χ1v) is 8.30. The van der Waals surface area contributed by atoms with Gasteiger partial charge < -0.3 is 19.5 Å². The number of methoxy groups -OCH3 is 2. The Bertz CT molecular complexity index is 956. The maximum Gasteiger partial charge on any atom is 0.318 e. The van der Waals surface area contributed by atoms with Crippen LogP contribution >= 0.6 is 0 Å². The first-order valence-electron chi connectivity index (χ1n) is 8.30. The zero-order valence-corrected chi connectivity index (χ0v) is 15.6. The van der Waals surface area contributed by atoms with E-state index in [0.29, 0.717) is 22.6 Å². The lowest BCUT2D eigenvalue weighted by Crippen LogP contribution is -2.31. The van der Waals surface area contributed by atoms with Crippen LogP contribution in [0.4, 0.5) is 14.5 Å². The summed E-state index contributed by atoms with van der Waals surface area (Å²) in [5, 5.41) is 14.1. The van der Waals surface area contributed by atoms with E-state index in [9.17, 15) is 13.9 Å². The lowest BCUT2D eigenvalue weighted by Gasteiger charge is -2.19. The standard InChI is InChI=1S/C17H20F2N6O3/c1-10(15(27-3)22-16(20-2)28-4)11-7-12(14-21-5-6-25(14)23-11)24-8-13(26)17(18,19)9-24/h5-7,13,26H,2,8-9H2,1,3-4H3/b15-10-,22-16?/t13-/m0/s1. The van der Waals surface area contributed by atoms with Gasteiger partial charge in [-0.15, -0.1) is 0 Å². The first kappa shape index (κ1) is 19.7. The lowest BCUT2D eigenvalue weighted by molar-refractivity contribution is -0.0712. The second-order valence-electron chi connectivity index (χ2n) is 6.16. The number of anilines is 1. The van der Waals surface area contributed by atoms with Crippen LogP contribution < -0.4 is 4.90 Å². The molecular formula is C17H20F2N6O3. The Morgan fingerprint density at radius 2 is 2.14 bits per heavy atom. The second kappa shape index (κ2) is 7.50. The van der Waals surface area contributed by atoms with Gasteiger partial charge in [0.15, 0.2) is 5.65 Å². The molecule has 1 atom stereocenters. The van der Waals surface area contributed by atoms with E-state index in [2.05, 4.69) is 26.8 Å². The molecule has 2 aromatic heterocycles. The Hall–Kier alpha value is -3.08. The number of nitrogens with zero attached hydrogens (tertiary/aromatic N) is 6. The van der Waals surface area contributed by atoms with Crippen LogP contribution in [0, 0.1) is 0 Å². The Morgan fingerprint density at radius 1 is 1.39 bits per heavy atom. The maximum atomic E-state index is 13.9. The zero-order chi connectivity index (χ0) is 20.5. The number of fused-ring (bicyclic) bond motifs is 1. The van der Waals surface area contributed by atoms with E-state index in [1.165, 1.54) is 29.8 Å². The number of aliphatic imine (C=N–C) groups is 2. The molecule has 1 aliphatic heterocycles. The Labute approximate surface area is 159 Å². The monoisotopic (exact) mass is 394 g/mol. The normalized spacial score (nSPS) is 20.3. The van der Waals surface area contributed by atoms with E-state index in [-0.39, 0.29) is 18.4 Å². The first-order chi connectivity index (χ1) is 13.3. The number of imidazole rings is 1. The molecule has 0 aromatic carbocycles. The lowest BCUT2D eigenvalue weighted by atomic mass is 10.2. The number of aliphatic hydroxyl groups excluding tert-OH is 1. The molecule has 2 aromatic rings. The third-order valence-corrected chi connectivity index (χ3v) is 4.38. The molecule has 1 fully saturated rings. The van der Waals surface area contributed by atoms with Crippen LogP contribution in [-0.4, -0.2) is 71.8 Å². The van der Waals surface area contributed by atoms with E-state index in [4.69, 9.17) is 9.47 Å². The van der Waals surface area contributed by atoms with Crippen LogP contribution in [0.15, 0.2) is 34.3 Å². The minimum atomic E-state index is -3.21. The van der Waals surface area contributed by atoms with Crippen molar-refractivity contribution in [1.82, 2.24) is 14.6 Å². The molecule has 0 bridgehead atoms. The highest BCUT2D eigenvalue weighted by Crippen LogP contribution is 2.34. The van der Waals surface area contributed by atoms with Gasteiger partial charge in [-0.2, -0.15) is 10.1 Å². The predicted molar refractivity (Wildman–Crippen MR) is 99.7 cm³/mol. The van der Waals surface area contributed by atoms with Gasteiger partial charge in [-0.05, 0) is 19.7 Å². The van der Waals surface area contributed by atoms with Crippen molar-refractivity contribution >= 4 is 29.6 Å². The van der Waals surface area contributed by atoms with Crippen molar-refractivity contribution in [2.45, 2.75) is 19.0 Å². The molecule has 11 heteroatoms. The van der Waals surface area contributed by atoms with Gasteiger partial charge in [0.1, 0.15) is 6.10 Å². The number of hydrogen-bond acceptors (Lipinski definition) is 7. The van der Waals surface area contributed by atoms with Gasteiger partial charge in [0.25, 0.3) is 5.92 Å². The van der Waals surface area contributed by atoms with E-state index < -0.39 is 18.6 Å². The van der Waals surface area contributed by atoms with Crippen molar-refractivity contribution in [2.75, 3.05) is 32.2 Å². The molecule has 0 aliphatic carbocycles. The van der Waals surface area contributed by atoms with Gasteiger partial charge in [0.2, 0.25) is 5.88 Å². The summed E-state index contributed by atoms with van der Waals surface area (Å²) in [6.45, 7) is 4.23. The summed E-state index contributed by atoms with van der Waals surface area (Å²) in [7, 11) is 2.82. The number of β-amino-alcohol motifs (C(OH)–C–C–N with tert-alkyl or cyclic N) is 1. The summed E-state index contributed by atoms with van der Waals surface area (Å²) in [4.78, 5) is 13.3. The van der Waals surface area contributed by atoms with E-state index >= 15 is 0 Å². The molecule has 150 valence electrons. The van der Waals surface area contributed by atoms with Crippen LogP contribution in [-0.2, 0) is 9.47 Å². The number of hydrogen-bond donors (Lipinski definition) is 1. The average Bonchev–Trinajstić information content (AvgIpc) is 3.25. The average molecular weight is 394 g/mol. The topological polar surface area (TPSA) is 96.8 Å². The van der Waals surface area contributed by atoms with Gasteiger partial charge in [-0.25, -0.2) is 23.3 Å².